The lowest BCUT2D eigenvalue weighted by atomic mass is 10.1. The Balaban J connectivity index is 2.50. The number of nitrogens with one attached hydrogen (secondary N) is 1. The predicted octanol–water partition coefficient (Wildman–Crippen LogP) is -0.968. The molecule has 0 spiro atoms. The van der Waals surface area contributed by atoms with E-state index in [4.69, 9.17) is 5.11 Å². The van der Waals surface area contributed by atoms with E-state index in [0.29, 0.717) is 19.5 Å². The van der Waals surface area contributed by atoms with E-state index in [1.165, 1.54) is 6.92 Å². The van der Waals surface area contributed by atoms with Gasteiger partial charge in [-0.15, -0.1) is 0 Å². The summed E-state index contributed by atoms with van der Waals surface area (Å²) in [5, 5.41) is 21.0. The average molecular weight is 230 g/mol. The molecule has 1 saturated heterocycles. The molecule has 1 aliphatic heterocycles. The van der Waals surface area contributed by atoms with Crippen LogP contribution in [0.2, 0.25) is 0 Å². The van der Waals surface area contributed by atoms with Crippen molar-refractivity contribution in [2.45, 2.75) is 31.9 Å². The summed E-state index contributed by atoms with van der Waals surface area (Å²) in [6, 6.07) is -0.911. The van der Waals surface area contributed by atoms with Gasteiger partial charge in [-0.2, -0.15) is 0 Å². The number of carbonyl (C=O) groups is 2. The quantitative estimate of drug-likeness (QED) is 0.578. The summed E-state index contributed by atoms with van der Waals surface area (Å²) in [6.07, 6.45) is 0.624. The second-order valence-corrected chi connectivity index (χ2v) is 4.57. The molecule has 1 aliphatic rings. The van der Waals surface area contributed by atoms with Crippen molar-refractivity contribution in [3.05, 3.63) is 0 Å². The molecule has 16 heavy (non-hydrogen) atoms. The van der Waals surface area contributed by atoms with Crippen molar-refractivity contribution in [1.29, 1.82) is 0 Å². The molecule has 1 fully saturated rings. The molecule has 0 aromatic heterocycles. The Bertz CT molecular complexity index is 291. The van der Waals surface area contributed by atoms with Crippen molar-refractivity contribution >= 4 is 11.9 Å². The molecular weight excluding hydrogens is 212 g/mol. The van der Waals surface area contributed by atoms with Crippen LogP contribution in [0, 0.1) is 0 Å². The van der Waals surface area contributed by atoms with Crippen molar-refractivity contribution in [3.8, 4) is 0 Å². The minimum absolute atomic E-state index is 0.227. The van der Waals surface area contributed by atoms with E-state index in [0.717, 1.165) is 0 Å². The molecule has 1 rings (SSSR count). The Kier molecular flexibility index (Phi) is 3.88. The summed E-state index contributed by atoms with van der Waals surface area (Å²) in [4.78, 5) is 23.5. The van der Waals surface area contributed by atoms with Crippen LogP contribution in [-0.2, 0) is 9.59 Å². The van der Waals surface area contributed by atoms with E-state index in [1.54, 1.807) is 6.92 Å². The summed E-state index contributed by atoms with van der Waals surface area (Å²) in [5.41, 5.74) is -0.751. The van der Waals surface area contributed by atoms with E-state index in [-0.39, 0.29) is 12.5 Å². The maximum absolute atomic E-state index is 10.9. The number of aliphatic carboxylic acids is 1. The van der Waals surface area contributed by atoms with E-state index in [9.17, 15) is 14.7 Å². The van der Waals surface area contributed by atoms with Crippen LogP contribution in [0.3, 0.4) is 0 Å². The highest BCUT2D eigenvalue weighted by Gasteiger charge is 2.33. The number of aliphatic hydroxyl groups is 1. The van der Waals surface area contributed by atoms with Crippen LogP contribution in [-0.4, -0.2) is 58.3 Å². The van der Waals surface area contributed by atoms with Gasteiger partial charge in [0.2, 0.25) is 5.91 Å². The Morgan fingerprint density at radius 1 is 1.56 bits per heavy atom. The van der Waals surface area contributed by atoms with Gasteiger partial charge in [-0.05, 0) is 13.3 Å². The molecule has 92 valence electrons. The molecule has 0 aromatic rings. The zero-order valence-electron chi connectivity index (χ0n) is 9.56. The van der Waals surface area contributed by atoms with Crippen molar-refractivity contribution in [2.75, 3.05) is 19.6 Å². The number of rotatable bonds is 4. The van der Waals surface area contributed by atoms with Crippen LogP contribution in [0.15, 0.2) is 0 Å². The van der Waals surface area contributed by atoms with Gasteiger partial charge in [-0.3, -0.25) is 9.69 Å². The number of hydrogen-bond acceptors (Lipinski definition) is 4. The van der Waals surface area contributed by atoms with Gasteiger partial charge in [-0.1, -0.05) is 0 Å². The Hall–Kier alpha value is -1.14. The van der Waals surface area contributed by atoms with Crippen LogP contribution < -0.4 is 5.32 Å². The fourth-order valence-electron chi connectivity index (χ4n) is 1.88. The fraction of sp³-hybridized carbons (Fsp3) is 0.800. The van der Waals surface area contributed by atoms with Crippen LogP contribution in [0.4, 0.5) is 0 Å². The van der Waals surface area contributed by atoms with Gasteiger partial charge in [0, 0.05) is 26.6 Å². The third-order valence-electron chi connectivity index (χ3n) is 2.65. The van der Waals surface area contributed by atoms with Crippen molar-refractivity contribution in [1.82, 2.24) is 10.2 Å². The van der Waals surface area contributed by atoms with Gasteiger partial charge < -0.3 is 15.5 Å². The number of nitrogens with zero attached hydrogens (tertiary/aromatic N) is 1. The number of carboxylic acids is 1. The maximum Gasteiger partial charge on any atom is 0.327 e. The second-order valence-electron chi connectivity index (χ2n) is 4.57. The van der Waals surface area contributed by atoms with Crippen molar-refractivity contribution in [2.24, 2.45) is 0 Å². The normalized spacial score (nSPS) is 27.7. The largest absolute Gasteiger partial charge is 0.480 e. The lowest BCUT2D eigenvalue weighted by Crippen LogP contribution is -2.48. The summed E-state index contributed by atoms with van der Waals surface area (Å²) >= 11 is 0. The molecule has 2 atom stereocenters. The third-order valence-corrected chi connectivity index (χ3v) is 2.65. The highest BCUT2D eigenvalue weighted by molar-refractivity contribution is 5.82. The van der Waals surface area contributed by atoms with Gasteiger partial charge >= 0.3 is 5.97 Å². The molecule has 6 nitrogen and oxygen atoms in total. The van der Waals surface area contributed by atoms with Gasteiger partial charge in [0.15, 0.2) is 0 Å². The standard InChI is InChI=1S/C10H18N2O4/c1-7(13)11-8(9(14)15)5-12-4-3-10(2,16)6-12/h8,16H,3-6H2,1-2H3,(H,11,13)(H,14,15). The molecule has 6 heteroatoms. The zero-order valence-corrected chi connectivity index (χ0v) is 9.56. The molecule has 0 aliphatic carbocycles. The van der Waals surface area contributed by atoms with E-state index >= 15 is 0 Å². The summed E-state index contributed by atoms with van der Waals surface area (Å²) in [7, 11) is 0. The van der Waals surface area contributed by atoms with Crippen LogP contribution in [0.1, 0.15) is 20.3 Å². The molecule has 0 bridgehead atoms. The van der Waals surface area contributed by atoms with Crippen molar-refractivity contribution < 1.29 is 19.8 Å². The highest BCUT2D eigenvalue weighted by atomic mass is 16.4. The van der Waals surface area contributed by atoms with Gasteiger partial charge in [0.1, 0.15) is 6.04 Å². The fourth-order valence-corrected chi connectivity index (χ4v) is 1.88. The van der Waals surface area contributed by atoms with Crippen LogP contribution in [0.25, 0.3) is 0 Å². The SMILES string of the molecule is CC(=O)NC(CN1CCC(C)(O)C1)C(=O)O. The first-order valence-corrected chi connectivity index (χ1v) is 5.25. The van der Waals surface area contributed by atoms with Gasteiger partial charge in [0.05, 0.1) is 5.60 Å². The van der Waals surface area contributed by atoms with E-state index in [2.05, 4.69) is 5.32 Å². The maximum atomic E-state index is 10.9. The molecule has 1 amide bonds. The number of carboxylic acid groups (broad SMARTS) is 1. The Labute approximate surface area is 94.2 Å². The van der Waals surface area contributed by atoms with E-state index in [1.807, 2.05) is 4.90 Å². The Morgan fingerprint density at radius 3 is 2.56 bits per heavy atom. The number of amides is 1. The minimum Gasteiger partial charge on any atom is -0.480 e. The predicted molar refractivity (Wildman–Crippen MR) is 56.9 cm³/mol. The van der Waals surface area contributed by atoms with Gasteiger partial charge in [-0.25, -0.2) is 4.79 Å². The zero-order chi connectivity index (χ0) is 12.3. The number of hydrogen-bond donors (Lipinski definition) is 3. The number of carbonyl (C=O) groups excluding carboxylic acids is 1. The number of likely N-dealkylation sites (tertiary alicyclic amines) is 1. The van der Waals surface area contributed by atoms with Crippen LogP contribution in [0.5, 0.6) is 0 Å². The first-order chi connectivity index (χ1) is 7.30. The lowest BCUT2D eigenvalue weighted by Gasteiger charge is -2.22. The van der Waals surface area contributed by atoms with E-state index < -0.39 is 17.6 Å². The molecule has 3 N–H and O–H groups in total. The summed E-state index contributed by atoms with van der Waals surface area (Å²) in [5.74, 6) is -1.42. The molecular formula is C10H18N2O4. The smallest absolute Gasteiger partial charge is 0.327 e. The first kappa shape index (κ1) is 12.9. The molecule has 0 saturated carbocycles. The topological polar surface area (TPSA) is 89.9 Å². The lowest BCUT2D eigenvalue weighted by molar-refractivity contribution is -0.142. The third kappa shape index (κ3) is 3.79. The van der Waals surface area contributed by atoms with Crippen LogP contribution >= 0.6 is 0 Å². The van der Waals surface area contributed by atoms with Crippen molar-refractivity contribution in [3.63, 3.8) is 0 Å². The van der Waals surface area contributed by atoms with Gasteiger partial charge in [0.25, 0.3) is 0 Å². The average Bonchev–Trinajstić information content (AvgIpc) is 2.43. The Morgan fingerprint density at radius 2 is 2.19 bits per heavy atom. The number of β-amino-alcohol motifs (C(OH)–C–C–N with tert-alkyl or cyclic N) is 1. The summed E-state index contributed by atoms with van der Waals surface area (Å²) < 4.78 is 0. The monoisotopic (exact) mass is 230 g/mol. The minimum atomic E-state index is -1.05. The molecule has 1 heterocycles. The summed E-state index contributed by atoms with van der Waals surface area (Å²) in [6.45, 7) is 4.33. The first-order valence-electron chi connectivity index (χ1n) is 5.25. The highest BCUT2D eigenvalue weighted by Crippen LogP contribution is 2.20. The molecule has 0 radical (unpaired) electrons. The molecule has 0 aromatic carbocycles. The second kappa shape index (κ2) is 4.80. The molecule has 2 unspecified atom stereocenters.